The first-order valence-corrected chi connectivity index (χ1v) is 7.62. The summed E-state index contributed by atoms with van der Waals surface area (Å²) in [6.07, 6.45) is 5.89. The fourth-order valence-corrected chi connectivity index (χ4v) is 3.85. The van der Waals surface area contributed by atoms with E-state index in [2.05, 4.69) is 33.1 Å². The lowest BCUT2D eigenvalue weighted by molar-refractivity contribution is 0.698. The lowest BCUT2D eigenvalue weighted by Crippen LogP contribution is -2.24. The summed E-state index contributed by atoms with van der Waals surface area (Å²) in [5, 5.41) is 1.18. The summed E-state index contributed by atoms with van der Waals surface area (Å²) in [6.45, 7) is 1.00. The van der Waals surface area contributed by atoms with E-state index < -0.39 is 0 Å². The number of nitrogens with zero attached hydrogens (tertiary/aromatic N) is 4. The Bertz CT molecular complexity index is 692. The Morgan fingerprint density at radius 3 is 2.80 bits per heavy atom. The van der Waals surface area contributed by atoms with Crippen molar-refractivity contribution in [1.82, 2.24) is 15.0 Å². The average molecular weight is 282 g/mol. The van der Waals surface area contributed by atoms with Crippen molar-refractivity contribution in [2.75, 3.05) is 11.4 Å². The number of anilines is 1. The summed E-state index contributed by atoms with van der Waals surface area (Å²) in [6, 6.07) is 10.5. The van der Waals surface area contributed by atoms with Crippen molar-refractivity contribution in [2.45, 2.75) is 18.9 Å². The average Bonchev–Trinajstić information content (AvgIpc) is 3.14. The first kappa shape index (κ1) is 11.8. The van der Waals surface area contributed by atoms with Crippen LogP contribution in [0.3, 0.4) is 0 Å². The number of hydrogen-bond acceptors (Lipinski definition) is 5. The van der Waals surface area contributed by atoms with Gasteiger partial charge in [-0.1, -0.05) is 12.1 Å². The molecule has 1 saturated heterocycles. The van der Waals surface area contributed by atoms with Crippen molar-refractivity contribution < 1.29 is 0 Å². The zero-order chi connectivity index (χ0) is 13.4. The molecule has 1 aliphatic heterocycles. The lowest BCUT2D eigenvalue weighted by Gasteiger charge is -2.22. The van der Waals surface area contributed by atoms with Crippen LogP contribution in [0.2, 0.25) is 0 Å². The monoisotopic (exact) mass is 282 g/mol. The Kier molecular flexibility index (Phi) is 2.85. The van der Waals surface area contributed by atoms with Crippen LogP contribution in [0.15, 0.2) is 42.7 Å². The van der Waals surface area contributed by atoms with E-state index >= 15 is 0 Å². The van der Waals surface area contributed by atoms with Gasteiger partial charge < -0.3 is 4.90 Å². The van der Waals surface area contributed by atoms with Crippen LogP contribution in [0.4, 0.5) is 5.95 Å². The van der Waals surface area contributed by atoms with E-state index in [-0.39, 0.29) is 0 Å². The van der Waals surface area contributed by atoms with Crippen LogP contribution in [0.25, 0.3) is 10.2 Å². The van der Waals surface area contributed by atoms with E-state index in [1.165, 1.54) is 16.1 Å². The number of aromatic nitrogens is 3. The highest BCUT2D eigenvalue weighted by atomic mass is 32.1. The Morgan fingerprint density at radius 2 is 1.95 bits per heavy atom. The van der Waals surface area contributed by atoms with E-state index in [1.807, 2.05) is 12.1 Å². The van der Waals surface area contributed by atoms with Gasteiger partial charge in [0.05, 0.1) is 16.3 Å². The predicted octanol–water partition coefficient (Wildman–Crippen LogP) is 3.43. The number of thiazole rings is 1. The highest BCUT2D eigenvalue weighted by Gasteiger charge is 2.30. The molecular formula is C15H14N4S. The number of para-hydroxylation sites is 1. The van der Waals surface area contributed by atoms with Crippen LogP contribution in [-0.2, 0) is 0 Å². The van der Waals surface area contributed by atoms with Crippen LogP contribution in [0.5, 0.6) is 0 Å². The van der Waals surface area contributed by atoms with Crippen molar-refractivity contribution in [3.05, 3.63) is 47.7 Å². The van der Waals surface area contributed by atoms with Crippen LogP contribution in [0, 0.1) is 0 Å². The standard InChI is InChI=1S/C15H14N4S/c1-2-7-13-11(5-1)18-14(20-13)12-6-3-10-19(12)15-16-8-4-9-17-15/h1-2,4-5,7-9,12H,3,6,10H2. The van der Waals surface area contributed by atoms with Crippen LogP contribution < -0.4 is 4.90 Å². The zero-order valence-corrected chi connectivity index (χ0v) is 11.8. The molecule has 20 heavy (non-hydrogen) atoms. The SMILES string of the molecule is c1cnc(N2CCCC2c2nc3ccccc3s2)nc1. The van der Waals surface area contributed by atoms with Gasteiger partial charge in [-0.25, -0.2) is 15.0 Å². The molecule has 0 saturated carbocycles. The molecule has 4 nitrogen and oxygen atoms in total. The number of benzene rings is 1. The maximum Gasteiger partial charge on any atom is 0.225 e. The number of rotatable bonds is 2. The molecule has 1 unspecified atom stereocenters. The number of fused-ring (bicyclic) bond motifs is 1. The molecule has 0 bridgehead atoms. The summed E-state index contributed by atoms with van der Waals surface area (Å²) in [7, 11) is 0. The maximum absolute atomic E-state index is 4.79. The molecule has 2 aromatic heterocycles. The molecule has 0 spiro atoms. The molecule has 3 aromatic rings. The second-order valence-electron chi connectivity index (χ2n) is 4.92. The third-order valence-corrected chi connectivity index (χ3v) is 4.79. The molecule has 3 heterocycles. The Hall–Kier alpha value is -2.01. The molecule has 0 amide bonds. The quantitative estimate of drug-likeness (QED) is 0.722. The van der Waals surface area contributed by atoms with Gasteiger partial charge in [0.2, 0.25) is 5.95 Å². The van der Waals surface area contributed by atoms with Crippen molar-refractivity contribution >= 4 is 27.5 Å². The van der Waals surface area contributed by atoms with E-state index in [4.69, 9.17) is 4.98 Å². The normalized spacial score (nSPS) is 18.8. The van der Waals surface area contributed by atoms with Gasteiger partial charge in [0.15, 0.2) is 0 Å². The Balaban J connectivity index is 1.73. The molecule has 0 N–H and O–H groups in total. The molecule has 1 aliphatic rings. The Labute approximate surface area is 121 Å². The minimum absolute atomic E-state index is 0.315. The zero-order valence-electron chi connectivity index (χ0n) is 10.9. The van der Waals surface area contributed by atoms with Crippen LogP contribution in [-0.4, -0.2) is 21.5 Å². The molecule has 5 heteroatoms. The fraction of sp³-hybridized carbons (Fsp3) is 0.267. The largest absolute Gasteiger partial charge is 0.331 e. The molecule has 4 rings (SSSR count). The van der Waals surface area contributed by atoms with Gasteiger partial charge in [-0.3, -0.25) is 0 Å². The second-order valence-corrected chi connectivity index (χ2v) is 5.98. The van der Waals surface area contributed by atoms with E-state index in [9.17, 15) is 0 Å². The Morgan fingerprint density at radius 1 is 1.10 bits per heavy atom. The van der Waals surface area contributed by atoms with Gasteiger partial charge in [0.1, 0.15) is 5.01 Å². The first-order chi connectivity index (χ1) is 9.92. The topological polar surface area (TPSA) is 41.9 Å². The van der Waals surface area contributed by atoms with E-state index in [1.54, 1.807) is 23.7 Å². The molecule has 1 fully saturated rings. The summed E-state index contributed by atoms with van der Waals surface area (Å²) >= 11 is 1.78. The summed E-state index contributed by atoms with van der Waals surface area (Å²) in [4.78, 5) is 15.8. The van der Waals surface area contributed by atoms with Crippen molar-refractivity contribution in [3.63, 3.8) is 0 Å². The van der Waals surface area contributed by atoms with Gasteiger partial charge >= 0.3 is 0 Å². The highest BCUT2D eigenvalue weighted by Crippen LogP contribution is 2.37. The smallest absolute Gasteiger partial charge is 0.225 e. The van der Waals surface area contributed by atoms with Gasteiger partial charge in [0.25, 0.3) is 0 Å². The van der Waals surface area contributed by atoms with Crippen molar-refractivity contribution in [3.8, 4) is 0 Å². The molecule has 0 aliphatic carbocycles. The van der Waals surface area contributed by atoms with Gasteiger partial charge in [0, 0.05) is 18.9 Å². The predicted molar refractivity (Wildman–Crippen MR) is 81.0 cm³/mol. The van der Waals surface area contributed by atoms with E-state index in [0.717, 1.165) is 24.4 Å². The highest BCUT2D eigenvalue weighted by molar-refractivity contribution is 7.18. The molecule has 1 atom stereocenters. The minimum atomic E-state index is 0.315. The summed E-state index contributed by atoms with van der Waals surface area (Å²) < 4.78 is 1.25. The van der Waals surface area contributed by atoms with Crippen LogP contribution in [0.1, 0.15) is 23.9 Å². The molecular weight excluding hydrogens is 268 g/mol. The third-order valence-electron chi connectivity index (χ3n) is 3.66. The fourth-order valence-electron chi connectivity index (χ4n) is 2.73. The molecule has 100 valence electrons. The molecule has 0 radical (unpaired) electrons. The second kappa shape index (κ2) is 4.83. The van der Waals surface area contributed by atoms with E-state index in [0.29, 0.717) is 6.04 Å². The van der Waals surface area contributed by atoms with Gasteiger partial charge in [-0.15, -0.1) is 11.3 Å². The van der Waals surface area contributed by atoms with Crippen LogP contribution >= 0.6 is 11.3 Å². The minimum Gasteiger partial charge on any atom is -0.331 e. The van der Waals surface area contributed by atoms with Crippen molar-refractivity contribution in [2.24, 2.45) is 0 Å². The number of hydrogen-bond donors (Lipinski definition) is 0. The van der Waals surface area contributed by atoms with Crippen molar-refractivity contribution in [1.29, 1.82) is 0 Å². The first-order valence-electron chi connectivity index (χ1n) is 6.81. The lowest BCUT2D eigenvalue weighted by atomic mass is 10.2. The summed E-state index contributed by atoms with van der Waals surface area (Å²) in [5.74, 6) is 0.814. The molecule has 1 aromatic carbocycles. The third kappa shape index (κ3) is 1.94. The summed E-state index contributed by atoms with van der Waals surface area (Å²) in [5.41, 5.74) is 1.09. The van der Waals surface area contributed by atoms with Gasteiger partial charge in [-0.05, 0) is 31.0 Å². The maximum atomic E-state index is 4.79. The van der Waals surface area contributed by atoms with Gasteiger partial charge in [-0.2, -0.15) is 0 Å².